The van der Waals surface area contributed by atoms with E-state index in [9.17, 15) is 9.59 Å². The zero-order chi connectivity index (χ0) is 24.6. The standard InChI is InChI=1S/C28H31N5O3/c1-18-6-8-20(9-7-18)25-16-33-24(17-36-25)26(30-31-33)28(35)32-14-12-21(13-15-32)27(34)29-23-11-10-19-4-2-3-5-22(19)23/h2-9,21,23,25H,10-17H2,1H3,(H,29,34). The normalized spacial score (nSPS) is 21.6. The van der Waals surface area contributed by atoms with Crippen molar-refractivity contribution >= 4 is 11.8 Å². The van der Waals surface area contributed by atoms with Gasteiger partial charge in [0, 0.05) is 19.0 Å². The number of nitrogens with one attached hydrogen (secondary N) is 1. The van der Waals surface area contributed by atoms with Gasteiger partial charge in [0.25, 0.3) is 5.91 Å². The van der Waals surface area contributed by atoms with Gasteiger partial charge in [0.1, 0.15) is 6.10 Å². The molecule has 186 valence electrons. The van der Waals surface area contributed by atoms with Crippen molar-refractivity contribution in [3.05, 3.63) is 82.2 Å². The molecule has 2 atom stereocenters. The quantitative estimate of drug-likeness (QED) is 0.611. The van der Waals surface area contributed by atoms with Crippen molar-refractivity contribution in [1.82, 2.24) is 25.2 Å². The third-order valence-corrected chi connectivity index (χ3v) is 7.85. The summed E-state index contributed by atoms with van der Waals surface area (Å²) in [5.74, 6) is -0.105. The van der Waals surface area contributed by atoms with Gasteiger partial charge in [-0.2, -0.15) is 0 Å². The number of rotatable bonds is 4. The number of ether oxygens (including phenoxy) is 1. The monoisotopic (exact) mass is 485 g/mol. The maximum absolute atomic E-state index is 13.3. The minimum atomic E-state index is -0.128. The van der Waals surface area contributed by atoms with E-state index in [-0.39, 0.29) is 29.9 Å². The van der Waals surface area contributed by atoms with E-state index < -0.39 is 0 Å². The number of carbonyl (C=O) groups excluding carboxylic acids is 2. The predicted octanol–water partition coefficient (Wildman–Crippen LogP) is 3.51. The van der Waals surface area contributed by atoms with Crippen LogP contribution in [0.4, 0.5) is 0 Å². The second-order valence-corrected chi connectivity index (χ2v) is 10.1. The highest BCUT2D eigenvalue weighted by molar-refractivity contribution is 5.93. The first kappa shape index (κ1) is 22.9. The van der Waals surface area contributed by atoms with Crippen LogP contribution in [-0.2, 0) is 29.1 Å². The van der Waals surface area contributed by atoms with Gasteiger partial charge in [-0.3, -0.25) is 9.59 Å². The molecule has 0 bridgehead atoms. The molecule has 1 N–H and O–H groups in total. The maximum Gasteiger partial charge on any atom is 0.276 e. The summed E-state index contributed by atoms with van der Waals surface area (Å²) in [5.41, 5.74) is 5.95. The lowest BCUT2D eigenvalue weighted by Crippen LogP contribution is -2.44. The van der Waals surface area contributed by atoms with Crippen LogP contribution in [0.3, 0.4) is 0 Å². The lowest BCUT2D eigenvalue weighted by molar-refractivity contribution is -0.127. The summed E-state index contributed by atoms with van der Waals surface area (Å²) >= 11 is 0. The SMILES string of the molecule is Cc1ccc(C2Cn3nnc(C(=O)N4CCC(C(=O)NC5CCc6ccccc65)CC4)c3CO2)cc1. The topological polar surface area (TPSA) is 89.4 Å². The summed E-state index contributed by atoms with van der Waals surface area (Å²) in [5, 5.41) is 11.7. The molecule has 8 heteroatoms. The molecule has 36 heavy (non-hydrogen) atoms. The molecule has 1 aliphatic carbocycles. The minimum Gasteiger partial charge on any atom is -0.365 e. The van der Waals surface area contributed by atoms with Gasteiger partial charge in [0.2, 0.25) is 5.91 Å². The molecule has 2 unspecified atom stereocenters. The van der Waals surface area contributed by atoms with Crippen LogP contribution in [0.15, 0.2) is 48.5 Å². The molecule has 3 aromatic rings. The highest BCUT2D eigenvalue weighted by Gasteiger charge is 2.34. The van der Waals surface area contributed by atoms with Crippen LogP contribution in [-0.4, -0.2) is 44.8 Å². The molecule has 3 heterocycles. The Morgan fingerprint density at radius 3 is 2.61 bits per heavy atom. The third kappa shape index (κ3) is 4.30. The van der Waals surface area contributed by atoms with Crippen molar-refractivity contribution in [2.24, 2.45) is 5.92 Å². The minimum absolute atomic E-state index is 0.0746. The number of aryl methyl sites for hydroxylation is 2. The summed E-state index contributed by atoms with van der Waals surface area (Å²) in [6.07, 6.45) is 3.16. The lowest BCUT2D eigenvalue weighted by Gasteiger charge is -2.32. The first-order chi connectivity index (χ1) is 17.6. The second kappa shape index (κ2) is 9.50. The zero-order valence-electron chi connectivity index (χ0n) is 20.5. The number of likely N-dealkylation sites (tertiary alicyclic amines) is 1. The Bertz CT molecular complexity index is 1280. The van der Waals surface area contributed by atoms with E-state index >= 15 is 0 Å². The molecule has 2 amide bonds. The molecular weight excluding hydrogens is 454 g/mol. The van der Waals surface area contributed by atoms with Gasteiger partial charge in [0.05, 0.1) is 24.9 Å². The van der Waals surface area contributed by atoms with Gasteiger partial charge in [-0.15, -0.1) is 5.10 Å². The molecule has 1 saturated heterocycles. The summed E-state index contributed by atoms with van der Waals surface area (Å²) < 4.78 is 7.87. The van der Waals surface area contributed by atoms with E-state index in [1.165, 1.54) is 16.7 Å². The third-order valence-electron chi connectivity index (χ3n) is 7.85. The number of piperidine rings is 1. The van der Waals surface area contributed by atoms with Crippen molar-refractivity contribution in [1.29, 1.82) is 0 Å². The Morgan fingerprint density at radius 2 is 1.81 bits per heavy atom. The van der Waals surface area contributed by atoms with E-state index in [4.69, 9.17) is 4.74 Å². The molecule has 0 radical (unpaired) electrons. The van der Waals surface area contributed by atoms with Gasteiger partial charge in [-0.25, -0.2) is 4.68 Å². The lowest BCUT2D eigenvalue weighted by atomic mass is 9.95. The van der Waals surface area contributed by atoms with Crippen molar-refractivity contribution in [3.8, 4) is 0 Å². The smallest absolute Gasteiger partial charge is 0.276 e. The number of hydrogen-bond acceptors (Lipinski definition) is 5. The number of hydrogen-bond donors (Lipinski definition) is 1. The fraction of sp³-hybridized carbons (Fsp3) is 0.429. The Hall–Kier alpha value is -3.52. The highest BCUT2D eigenvalue weighted by Crippen LogP contribution is 2.32. The van der Waals surface area contributed by atoms with Gasteiger partial charge in [0.15, 0.2) is 5.69 Å². The first-order valence-electron chi connectivity index (χ1n) is 12.8. The number of amides is 2. The van der Waals surface area contributed by atoms with E-state index in [2.05, 4.69) is 65.0 Å². The molecule has 1 aromatic heterocycles. The second-order valence-electron chi connectivity index (χ2n) is 10.1. The Labute approximate surface area is 210 Å². The van der Waals surface area contributed by atoms with E-state index in [1.807, 2.05) is 6.07 Å². The van der Waals surface area contributed by atoms with Crippen molar-refractivity contribution < 1.29 is 14.3 Å². The Morgan fingerprint density at radius 1 is 1.03 bits per heavy atom. The maximum atomic E-state index is 13.3. The molecule has 6 rings (SSSR count). The summed E-state index contributed by atoms with van der Waals surface area (Å²) in [6, 6.07) is 16.7. The van der Waals surface area contributed by atoms with Crippen molar-refractivity contribution in [2.75, 3.05) is 13.1 Å². The Kier molecular flexibility index (Phi) is 6.05. The molecule has 0 spiro atoms. The summed E-state index contributed by atoms with van der Waals surface area (Å²) in [4.78, 5) is 28.0. The largest absolute Gasteiger partial charge is 0.365 e. The van der Waals surface area contributed by atoms with Crippen LogP contribution < -0.4 is 5.32 Å². The molecule has 1 fully saturated rings. The number of fused-ring (bicyclic) bond motifs is 2. The average molecular weight is 486 g/mol. The molecule has 2 aliphatic heterocycles. The van der Waals surface area contributed by atoms with Crippen LogP contribution in [0, 0.1) is 12.8 Å². The number of nitrogens with zero attached hydrogens (tertiary/aromatic N) is 4. The fourth-order valence-corrected chi connectivity index (χ4v) is 5.65. The number of aromatic nitrogens is 3. The molecule has 3 aliphatic rings. The van der Waals surface area contributed by atoms with Crippen LogP contribution in [0.1, 0.15) is 69.8 Å². The van der Waals surface area contributed by atoms with E-state index in [0.29, 0.717) is 44.8 Å². The zero-order valence-corrected chi connectivity index (χ0v) is 20.5. The summed E-state index contributed by atoms with van der Waals surface area (Å²) in [6.45, 7) is 3.97. The van der Waals surface area contributed by atoms with Gasteiger partial charge >= 0.3 is 0 Å². The molecule has 8 nitrogen and oxygen atoms in total. The van der Waals surface area contributed by atoms with Gasteiger partial charge in [-0.05, 0) is 49.3 Å². The highest BCUT2D eigenvalue weighted by atomic mass is 16.5. The molecule has 0 saturated carbocycles. The fourth-order valence-electron chi connectivity index (χ4n) is 5.65. The van der Waals surface area contributed by atoms with Crippen LogP contribution in [0.5, 0.6) is 0 Å². The first-order valence-corrected chi connectivity index (χ1v) is 12.8. The average Bonchev–Trinajstić information content (AvgIpc) is 3.53. The molecular formula is C28H31N5O3. The summed E-state index contributed by atoms with van der Waals surface area (Å²) in [7, 11) is 0. The van der Waals surface area contributed by atoms with Crippen LogP contribution in [0.25, 0.3) is 0 Å². The Balaban J connectivity index is 1.05. The van der Waals surface area contributed by atoms with E-state index in [0.717, 1.165) is 24.1 Å². The molecule has 2 aromatic carbocycles. The van der Waals surface area contributed by atoms with Crippen molar-refractivity contribution in [2.45, 2.75) is 57.9 Å². The predicted molar refractivity (Wildman–Crippen MR) is 133 cm³/mol. The number of carbonyl (C=O) groups is 2. The van der Waals surface area contributed by atoms with Crippen LogP contribution in [0.2, 0.25) is 0 Å². The van der Waals surface area contributed by atoms with Gasteiger partial charge in [-0.1, -0.05) is 59.3 Å². The van der Waals surface area contributed by atoms with Gasteiger partial charge < -0.3 is 15.0 Å². The van der Waals surface area contributed by atoms with E-state index in [1.54, 1.807) is 9.58 Å². The van der Waals surface area contributed by atoms with Crippen LogP contribution >= 0.6 is 0 Å². The van der Waals surface area contributed by atoms with Crippen molar-refractivity contribution in [3.63, 3.8) is 0 Å². The number of benzene rings is 2.